The number of amides is 2. The second-order valence-electron chi connectivity index (χ2n) is 4.99. The van der Waals surface area contributed by atoms with Gasteiger partial charge in [-0.3, -0.25) is 9.59 Å². The summed E-state index contributed by atoms with van der Waals surface area (Å²) in [6.07, 6.45) is 1.40. The van der Waals surface area contributed by atoms with Crippen molar-refractivity contribution >= 4 is 23.4 Å². The number of halogens is 1. The van der Waals surface area contributed by atoms with Crippen LogP contribution in [-0.4, -0.2) is 36.9 Å². The van der Waals surface area contributed by atoms with Gasteiger partial charge in [-0.05, 0) is 18.4 Å². The smallest absolute Gasteiger partial charge is 0.245 e. The SMILES string of the molecule is CNC(=O)C1CCN(C(=O)C(Cl)c2ccccc2)CC1. The van der Waals surface area contributed by atoms with Gasteiger partial charge in [-0.25, -0.2) is 0 Å². The van der Waals surface area contributed by atoms with E-state index in [0.717, 1.165) is 5.56 Å². The van der Waals surface area contributed by atoms with Crippen LogP contribution in [0, 0.1) is 5.92 Å². The van der Waals surface area contributed by atoms with Crippen LogP contribution in [0.1, 0.15) is 23.8 Å². The summed E-state index contributed by atoms with van der Waals surface area (Å²) in [5.41, 5.74) is 0.813. The third-order valence-corrected chi connectivity index (χ3v) is 4.17. The van der Waals surface area contributed by atoms with E-state index in [1.165, 1.54) is 0 Å². The van der Waals surface area contributed by atoms with E-state index in [-0.39, 0.29) is 17.7 Å². The van der Waals surface area contributed by atoms with E-state index < -0.39 is 5.38 Å². The highest BCUT2D eigenvalue weighted by Gasteiger charge is 2.30. The summed E-state index contributed by atoms with van der Waals surface area (Å²) >= 11 is 6.25. The molecule has 0 saturated carbocycles. The van der Waals surface area contributed by atoms with Gasteiger partial charge in [0.2, 0.25) is 11.8 Å². The maximum Gasteiger partial charge on any atom is 0.245 e. The molecular formula is C15H19ClN2O2. The lowest BCUT2D eigenvalue weighted by atomic mass is 9.95. The molecule has 1 fully saturated rings. The van der Waals surface area contributed by atoms with E-state index in [1.807, 2.05) is 30.3 Å². The van der Waals surface area contributed by atoms with Gasteiger partial charge in [-0.2, -0.15) is 0 Å². The van der Waals surface area contributed by atoms with Crippen LogP contribution in [0.3, 0.4) is 0 Å². The number of benzene rings is 1. The average molecular weight is 295 g/mol. The molecule has 0 bridgehead atoms. The highest BCUT2D eigenvalue weighted by atomic mass is 35.5. The maximum atomic E-state index is 12.3. The third kappa shape index (κ3) is 3.31. The molecular weight excluding hydrogens is 276 g/mol. The van der Waals surface area contributed by atoms with E-state index in [9.17, 15) is 9.59 Å². The quantitative estimate of drug-likeness (QED) is 0.866. The van der Waals surface area contributed by atoms with Crippen molar-refractivity contribution in [2.45, 2.75) is 18.2 Å². The molecule has 0 aromatic heterocycles. The first-order chi connectivity index (χ1) is 9.63. The number of carbonyl (C=O) groups is 2. The van der Waals surface area contributed by atoms with E-state index in [4.69, 9.17) is 11.6 Å². The number of hydrogen-bond acceptors (Lipinski definition) is 2. The molecule has 4 nitrogen and oxygen atoms in total. The van der Waals surface area contributed by atoms with Gasteiger partial charge >= 0.3 is 0 Å². The molecule has 1 heterocycles. The molecule has 1 atom stereocenters. The molecule has 108 valence electrons. The van der Waals surface area contributed by atoms with Crippen LogP contribution in [0.15, 0.2) is 30.3 Å². The average Bonchev–Trinajstić information content (AvgIpc) is 2.53. The van der Waals surface area contributed by atoms with Gasteiger partial charge in [0, 0.05) is 26.1 Å². The number of nitrogens with one attached hydrogen (secondary N) is 1. The minimum Gasteiger partial charge on any atom is -0.359 e. The van der Waals surface area contributed by atoms with E-state index in [1.54, 1.807) is 11.9 Å². The van der Waals surface area contributed by atoms with Crippen LogP contribution in [-0.2, 0) is 9.59 Å². The fourth-order valence-corrected chi connectivity index (χ4v) is 2.77. The van der Waals surface area contributed by atoms with Gasteiger partial charge in [0.15, 0.2) is 0 Å². The standard InChI is InChI=1S/C15H19ClN2O2/c1-17-14(19)12-7-9-18(10-8-12)15(20)13(16)11-5-3-2-4-6-11/h2-6,12-13H,7-10H2,1H3,(H,17,19). The monoisotopic (exact) mass is 294 g/mol. The van der Waals surface area contributed by atoms with Crippen molar-refractivity contribution in [1.29, 1.82) is 0 Å². The third-order valence-electron chi connectivity index (χ3n) is 3.73. The molecule has 1 N–H and O–H groups in total. The van der Waals surface area contributed by atoms with Crippen LogP contribution in [0.2, 0.25) is 0 Å². The van der Waals surface area contributed by atoms with E-state index >= 15 is 0 Å². The lowest BCUT2D eigenvalue weighted by Crippen LogP contribution is -2.43. The number of nitrogens with zero attached hydrogens (tertiary/aromatic N) is 1. The zero-order valence-corrected chi connectivity index (χ0v) is 12.3. The van der Waals surface area contributed by atoms with Crippen molar-refractivity contribution in [3.63, 3.8) is 0 Å². The minimum absolute atomic E-state index is 0.00884. The van der Waals surface area contributed by atoms with Gasteiger partial charge < -0.3 is 10.2 Å². The Hall–Kier alpha value is -1.55. The highest BCUT2D eigenvalue weighted by molar-refractivity contribution is 6.30. The minimum atomic E-state index is -0.646. The summed E-state index contributed by atoms with van der Waals surface area (Å²) < 4.78 is 0. The Labute approximate surface area is 124 Å². The Kier molecular flexibility index (Phi) is 5.01. The summed E-state index contributed by atoms with van der Waals surface area (Å²) in [5, 5.41) is 2.01. The van der Waals surface area contributed by atoms with Crippen molar-refractivity contribution in [1.82, 2.24) is 10.2 Å². The second-order valence-corrected chi connectivity index (χ2v) is 5.42. The Balaban J connectivity index is 1.93. The number of piperidine rings is 1. The van der Waals surface area contributed by atoms with Crippen molar-refractivity contribution in [2.24, 2.45) is 5.92 Å². The lowest BCUT2D eigenvalue weighted by Gasteiger charge is -2.32. The molecule has 5 heteroatoms. The molecule has 1 aromatic rings. The Morgan fingerprint density at radius 3 is 2.40 bits per heavy atom. The first kappa shape index (κ1) is 14.9. The van der Waals surface area contributed by atoms with Crippen molar-refractivity contribution < 1.29 is 9.59 Å². The van der Waals surface area contributed by atoms with E-state index in [2.05, 4.69) is 5.32 Å². The predicted molar refractivity (Wildman–Crippen MR) is 78.4 cm³/mol. The van der Waals surface area contributed by atoms with Gasteiger partial charge in [0.25, 0.3) is 0 Å². The Morgan fingerprint density at radius 2 is 1.85 bits per heavy atom. The molecule has 2 rings (SSSR count). The Bertz CT molecular complexity index is 470. The number of alkyl halides is 1. The summed E-state index contributed by atoms with van der Waals surface area (Å²) in [6, 6.07) is 9.34. The number of hydrogen-bond donors (Lipinski definition) is 1. The summed E-state index contributed by atoms with van der Waals surface area (Å²) in [4.78, 5) is 25.7. The normalized spacial score (nSPS) is 17.6. The molecule has 1 aliphatic rings. The largest absolute Gasteiger partial charge is 0.359 e. The zero-order chi connectivity index (χ0) is 14.5. The predicted octanol–water partition coefficient (Wildman–Crippen LogP) is 1.95. The summed E-state index contributed by atoms with van der Waals surface area (Å²) in [6.45, 7) is 1.18. The molecule has 0 aliphatic carbocycles. The fourth-order valence-electron chi connectivity index (χ4n) is 2.49. The Morgan fingerprint density at radius 1 is 1.25 bits per heavy atom. The van der Waals surface area contributed by atoms with Gasteiger partial charge in [0.05, 0.1) is 0 Å². The molecule has 20 heavy (non-hydrogen) atoms. The van der Waals surface area contributed by atoms with Gasteiger partial charge in [-0.1, -0.05) is 30.3 Å². The van der Waals surface area contributed by atoms with E-state index in [0.29, 0.717) is 25.9 Å². The molecule has 1 saturated heterocycles. The van der Waals surface area contributed by atoms with Crippen LogP contribution in [0.5, 0.6) is 0 Å². The first-order valence-electron chi connectivity index (χ1n) is 6.83. The number of rotatable bonds is 3. The maximum absolute atomic E-state index is 12.3. The highest BCUT2D eigenvalue weighted by Crippen LogP contribution is 2.26. The van der Waals surface area contributed by atoms with Crippen molar-refractivity contribution in [3.05, 3.63) is 35.9 Å². The van der Waals surface area contributed by atoms with Gasteiger partial charge in [0.1, 0.15) is 5.38 Å². The topological polar surface area (TPSA) is 49.4 Å². The molecule has 1 aromatic carbocycles. The number of carbonyl (C=O) groups excluding carboxylic acids is 2. The lowest BCUT2D eigenvalue weighted by molar-refractivity contribution is -0.135. The van der Waals surface area contributed by atoms with Gasteiger partial charge in [-0.15, -0.1) is 11.6 Å². The number of likely N-dealkylation sites (tertiary alicyclic amines) is 1. The molecule has 1 aliphatic heterocycles. The molecule has 2 amide bonds. The van der Waals surface area contributed by atoms with Crippen LogP contribution in [0.25, 0.3) is 0 Å². The second kappa shape index (κ2) is 6.75. The van der Waals surface area contributed by atoms with Crippen molar-refractivity contribution in [2.75, 3.05) is 20.1 Å². The summed E-state index contributed by atoms with van der Waals surface area (Å²) in [5.74, 6) is -0.00893. The summed E-state index contributed by atoms with van der Waals surface area (Å²) in [7, 11) is 1.64. The zero-order valence-electron chi connectivity index (χ0n) is 11.5. The van der Waals surface area contributed by atoms with Crippen molar-refractivity contribution in [3.8, 4) is 0 Å². The van der Waals surface area contributed by atoms with Crippen LogP contribution < -0.4 is 5.32 Å². The van der Waals surface area contributed by atoms with Crippen LogP contribution in [0.4, 0.5) is 0 Å². The molecule has 1 unspecified atom stereocenters. The molecule has 0 spiro atoms. The van der Waals surface area contributed by atoms with Crippen LogP contribution >= 0.6 is 11.6 Å². The first-order valence-corrected chi connectivity index (χ1v) is 7.26. The molecule has 0 radical (unpaired) electrons. The fraction of sp³-hybridized carbons (Fsp3) is 0.467.